The molecule has 1 heterocycles. The second kappa shape index (κ2) is 6.22. The van der Waals surface area contributed by atoms with Gasteiger partial charge in [0.1, 0.15) is 11.0 Å². The van der Waals surface area contributed by atoms with E-state index in [0.717, 1.165) is 16.8 Å². The van der Waals surface area contributed by atoms with Crippen LogP contribution in [0.25, 0.3) is 0 Å². The summed E-state index contributed by atoms with van der Waals surface area (Å²) in [6.07, 6.45) is 0.533. The molecule has 0 spiro atoms. The second-order valence-corrected chi connectivity index (χ2v) is 5.88. The van der Waals surface area contributed by atoms with Crippen LogP contribution in [0.3, 0.4) is 0 Å². The quantitative estimate of drug-likeness (QED) is 0.650. The summed E-state index contributed by atoms with van der Waals surface area (Å²) in [5.74, 6) is 5.29. The van der Waals surface area contributed by atoms with Crippen LogP contribution in [0.4, 0.5) is 4.39 Å². The number of nitrogens with two attached hydrogens (primary N) is 1. The third kappa shape index (κ3) is 3.20. The smallest absolute Gasteiger partial charge is 0.130 e. The first-order chi connectivity index (χ1) is 9.42. The molecule has 3 N–H and O–H groups in total. The molecule has 1 aromatic carbocycles. The van der Waals surface area contributed by atoms with Gasteiger partial charge >= 0.3 is 0 Å². The second-order valence-electron chi connectivity index (χ2n) is 4.60. The average molecular weight is 362 g/mol. The molecule has 4 nitrogen and oxygen atoms in total. The number of halogens is 3. The Bertz CT molecular complexity index is 609. The van der Waals surface area contributed by atoms with E-state index in [4.69, 9.17) is 17.4 Å². The Balaban J connectivity index is 2.33. The number of rotatable bonds is 4. The predicted molar refractivity (Wildman–Crippen MR) is 80.8 cm³/mol. The third-order valence-corrected chi connectivity index (χ3v) is 4.10. The lowest BCUT2D eigenvalue weighted by molar-refractivity contribution is 0.543. The fourth-order valence-corrected chi connectivity index (χ4v) is 2.89. The molecule has 0 aliphatic carbocycles. The zero-order valence-electron chi connectivity index (χ0n) is 11.1. The summed E-state index contributed by atoms with van der Waals surface area (Å²) < 4.78 is 15.8. The third-order valence-electron chi connectivity index (χ3n) is 3.17. The maximum atomic E-state index is 13.5. The topological polar surface area (TPSA) is 55.9 Å². The van der Waals surface area contributed by atoms with Gasteiger partial charge in [-0.05, 0) is 37.1 Å². The number of hydrogen-bond donors (Lipinski definition) is 2. The first-order valence-electron chi connectivity index (χ1n) is 6.02. The largest absolute Gasteiger partial charge is 0.271 e. The molecule has 0 aliphatic rings. The highest BCUT2D eigenvalue weighted by atomic mass is 79.9. The lowest BCUT2D eigenvalue weighted by Gasteiger charge is -2.17. The molecule has 0 saturated carbocycles. The number of hydrazine groups is 1. The number of nitrogens with zero attached hydrogens (tertiary/aromatic N) is 2. The summed E-state index contributed by atoms with van der Waals surface area (Å²) in [7, 11) is 1.78. The summed E-state index contributed by atoms with van der Waals surface area (Å²) >= 11 is 9.49. The maximum absolute atomic E-state index is 13.5. The van der Waals surface area contributed by atoms with Crippen molar-refractivity contribution < 1.29 is 4.39 Å². The number of hydrogen-bond acceptors (Lipinski definition) is 3. The molecular weight excluding hydrogens is 347 g/mol. The lowest BCUT2D eigenvalue weighted by atomic mass is 10.00. The zero-order chi connectivity index (χ0) is 14.9. The minimum absolute atomic E-state index is 0.248. The molecule has 0 fully saturated rings. The van der Waals surface area contributed by atoms with Gasteiger partial charge in [0.05, 0.1) is 11.7 Å². The summed E-state index contributed by atoms with van der Waals surface area (Å²) in [4.78, 5) is 0. The SMILES string of the molecule is Cc1nn(C)c(Cl)c1CC(NN)c1cc(F)cc(Br)c1. The van der Waals surface area contributed by atoms with Crippen LogP contribution in [-0.4, -0.2) is 9.78 Å². The molecule has 0 aliphatic heterocycles. The van der Waals surface area contributed by atoms with Crippen molar-refractivity contribution in [1.82, 2.24) is 15.2 Å². The van der Waals surface area contributed by atoms with E-state index < -0.39 is 0 Å². The van der Waals surface area contributed by atoms with Crippen LogP contribution in [0, 0.1) is 12.7 Å². The summed E-state index contributed by atoms with van der Waals surface area (Å²) in [5, 5.41) is 4.83. The van der Waals surface area contributed by atoms with Gasteiger partial charge in [-0.1, -0.05) is 27.5 Å². The lowest BCUT2D eigenvalue weighted by Crippen LogP contribution is -2.29. The van der Waals surface area contributed by atoms with Crippen molar-refractivity contribution >= 4 is 27.5 Å². The number of nitrogens with one attached hydrogen (secondary N) is 1. The predicted octanol–water partition coefficient (Wildman–Crippen LogP) is 3.03. The summed E-state index contributed by atoms with van der Waals surface area (Å²) in [6, 6.07) is 4.43. The van der Waals surface area contributed by atoms with Crippen molar-refractivity contribution in [3.63, 3.8) is 0 Å². The van der Waals surface area contributed by atoms with Gasteiger partial charge in [-0.3, -0.25) is 16.0 Å². The Kier molecular flexibility index (Phi) is 4.80. The van der Waals surface area contributed by atoms with E-state index >= 15 is 0 Å². The Morgan fingerprint density at radius 1 is 1.50 bits per heavy atom. The van der Waals surface area contributed by atoms with Crippen molar-refractivity contribution in [2.24, 2.45) is 12.9 Å². The van der Waals surface area contributed by atoms with Crippen LogP contribution in [0.5, 0.6) is 0 Å². The van der Waals surface area contributed by atoms with Crippen molar-refractivity contribution in [2.45, 2.75) is 19.4 Å². The van der Waals surface area contributed by atoms with E-state index in [1.54, 1.807) is 11.7 Å². The molecule has 1 unspecified atom stereocenters. The maximum Gasteiger partial charge on any atom is 0.130 e. The fourth-order valence-electron chi connectivity index (χ4n) is 2.16. The highest BCUT2D eigenvalue weighted by Gasteiger charge is 2.18. The van der Waals surface area contributed by atoms with Crippen molar-refractivity contribution in [3.05, 3.63) is 50.5 Å². The minimum atomic E-state index is -0.316. The molecule has 2 aromatic rings. The first-order valence-corrected chi connectivity index (χ1v) is 7.19. The Hall–Kier alpha value is -0.950. The molecule has 7 heteroatoms. The molecule has 1 atom stereocenters. The van der Waals surface area contributed by atoms with Crippen LogP contribution in [-0.2, 0) is 13.5 Å². The molecule has 0 saturated heterocycles. The van der Waals surface area contributed by atoms with Crippen molar-refractivity contribution in [2.75, 3.05) is 0 Å². The molecule has 1 aromatic heterocycles. The number of benzene rings is 1. The van der Waals surface area contributed by atoms with Gasteiger partial charge in [-0.2, -0.15) is 5.10 Å². The van der Waals surface area contributed by atoms with Gasteiger partial charge in [0, 0.05) is 17.1 Å². The molecule has 108 valence electrons. The van der Waals surface area contributed by atoms with Gasteiger partial charge in [0.2, 0.25) is 0 Å². The van der Waals surface area contributed by atoms with Gasteiger partial charge in [0.15, 0.2) is 0 Å². The van der Waals surface area contributed by atoms with Crippen molar-refractivity contribution in [1.29, 1.82) is 0 Å². The van der Waals surface area contributed by atoms with E-state index in [-0.39, 0.29) is 11.9 Å². The fraction of sp³-hybridized carbons (Fsp3) is 0.308. The highest BCUT2D eigenvalue weighted by Crippen LogP contribution is 2.27. The normalized spacial score (nSPS) is 12.7. The van der Waals surface area contributed by atoms with Crippen molar-refractivity contribution in [3.8, 4) is 0 Å². The van der Waals surface area contributed by atoms with Gasteiger partial charge in [-0.15, -0.1) is 0 Å². The standard InChI is InChI=1S/C13H15BrClFN4/c1-7-11(13(15)20(2)19-7)6-12(18-17)8-3-9(14)5-10(16)4-8/h3-5,12,18H,6,17H2,1-2H3. The molecule has 0 bridgehead atoms. The molecule has 20 heavy (non-hydrogen) atoms. The van der Waals surface area contributed by atoms with Crippen LogP contribution < -0.4 is 11.3 Å². The first kappa shape index (κ1) is 15.4. The van der Waals surface area contributed by atoms with E-state index in [1.807, 2.05) is 13.0 Å². The van der Waals surface area contributed by atoms with Gasteiger partial charge < -0.3 is 0 Å². The Labute approximate surface area is 130 Å². The average Bonchev–Trinajstić information content (AvgIpc) is 2.60. The van der Waals surface area contributed by atoms with E-state index in [9.17, 15) is 4.39 Å². The van der Waals surface area contributed by atoms with Crippen LogP contribution in [0.15, 0.2) is 22.7 Å². The molecule has 0 amide bonds. The Morgan fingerprint density at radius 2 is 2.20 bits per heavy atom. The zero-order valence-corrected chi connectivity index (χ0v) is 13.5. The van der Waals surface area contributed by atoms with Gasteiger partial charge in [0.25, 0.3) is 0 Å². The van der Waals surface area contributed by atoms with Gasteiger partial charge in [-0.25, -0.2) is 4.39 Å². The van der Waals surface area contributed by atoms with Crippen LogP contribution in [0.2, 0.25) is 5.15 Å². The molecule has 2 rings (SSSR count). The van der Waals surface area contributed by atoms with E-state index in [0.29, 0.717) is 16.0 Å². The highest BCUT2D eigenvalue weighted by molar-refractivity contribution is 9.10. The summed E-state index contributed by atoms with van der Waals surface area (Å²) in [6.45, 7) is 1.89. The monoisotopic (exact) mass is 360 g/mol. The number of aromatic nitrogens is 2. The van der Waals surface area contributed by atoms with E-state index in [2.05, 4.69) is 26.5 Å². The van der Waals surface area contributed by atoms with Crippen LogP contribution in [0.1, 0.15) is 22.9 Å². The van der Waals surface area contributed by atoms with E-state index in [1.165, 1.54) is 12.1 Å². The molecule has 0 radical (unpaired) electrons. The number of aryl methyl sites for hydroxylation is 2. The van der Waals surface area contributed by atoms with Crippen LogP contribution >= 0.6 is 27.5 Å². The molecular formula is C13H15BrClFN4. The summed E-state index contributed by atoms with van der Waals surface area (Å²) in [5.41, 5.74) is 5.19. The minimum Gasteiger partial charge on any atom is -0.271 e. The Morgan fingerprint density at radius 3 is 2.70 bits per heavy atom.